The van der Waals surface area contributed by atoms with Crippen LogP contribution in [0.5, 0.6) is 0 Å². The second-order valence-electron chi connectivity index (χ2n) is 7.14. The summed E-state index contributed by atoms with van der Waals surface area (Å²) in [5.41, 5.74) is 0.559. The smallest absolute Gasteiger partial charge is 0.355 e. The van der Waals surface area contributed by atoms with E-state index in [1.807, 2.05) is 4.90 Å². The molecule has 0 aliphatic carbocycles. The van der Waals surface area contributed by atoms with E-state index in [0.717, 1.165) is 25.2 Å². The lowest BCUT2D eigenvalue weighted by Gasteiger charge is -2.20. The molecule has 2 heterocycles. The highest BCUT2D eigenvalue weighted by molar-refractivity contribution is 6.00. The maximum atomic E-state index is 13.0. The summed E-state index contributed by atoms with van der Waals surface area (Å²) >= 11 is 0. The molecule has 4 rings (SSSR count). The molecule has 0 spiro atoms. The number of amides is 1. The van der Waals surface area contributed by atoms with Gasteiger partial charge < -0.3 is 15.5 Å². The number of alkyl halides is 3. The van der Waals surface area contributed by atoms with E-state index in [-0.39, 0.29) is 5.91 Å². The van der Waals surface area contributed by atoms with E-state index in [2.05, 4.69) is 10.6 Å². The third kappa shape index (κ3) is 3.64. The summed E-state index contributed by atoms with van der Waals surface area (Å²) in [7, 11) is 0. The van der Waals surface area contributed by atoms with Gasteiger partial charge in [0.15, 0.2) is 0 Å². The van der Waals surface area contributed by atoms with Crippen molar-refractivity contribution < 1.29 is 18.0 Å². The molecule has 4 nitrogen and oxygen atoms in total. The van der Waals surface area contributed by atoms with E-state index in [1.54, 1.807) is 30.3 Å². The summed E-state index contributed by atoms with van der Waals surface area (Å²) < 4.78 is 38.8. The Morgan fingerprint density at radius 2 is 1.74 bits per heavy atom. The number of carbonyl (C=O) groups is 1. The first-order chi connectivity index (χ1) is 12.9. The molecule has 2 fully saturated rings. The van der Waals surface area contributed by atoms with Gasteiger partial charge in [0.1, 0.15) is 0 Å². The van der Waals surface area contributed by atoms with Crippen molar-refractivity contribution in [2.75, 3.05) is 31.5 Å². The van der Waals surface area contributed by atoms with Gasteiger partial charge >= 0.3 is 6.18 Å². The summed E-state index contributed by atoms with van der Waals surface area (Å²) in [4.78, 5) is 14.9. The molecule has 2 saturated heterocycles. The topological polar surface area (TPSA) is 44.4 Å². The standard InChI is InChI=1S/C20H20F3N3O/c21-20(22,23)15-4-3-5-16(8-15)25-18-7-2-1-6-17(18)19(27)26-11-13-9-24-10-14(13)12-26/h1-8,13-14,24-25H,9-12H2/t13-,14+. The molecule has 7 heteroatoms. The maximum absolute atomic E-state index is 13.0. The minimum absolute atomic E-state index is 0.0838. The zero-order valence-electron chi connectivity index (χ0n) is 14.6. The minimum atomic E-state index is -4.41. The van der Waals surface area contributed by atoms with Crippen LogP contribution >= 0.6 is 0 Å². The van der Waals surface area contributed by atoms with E-state index < -0.39 is 11.7 Å². The summed E-state index contributed by atoms with van der Waals surface area (Å²) in [6.07, 6.45) is -4.41. The Bertz CT molecular complexity index is 840. The largest absolute Gasteiger partial charge is 0.416 e. The molecular weight excluding hydrogens is 355 g/mol. The average Bonchev–Trinajstić information content (AvgIpc) is 3.23. The van der Waals surface area contributed by atoms with Crippen molar-refractivity contribution in [1.29, 1.82) is 0 Å². The third-order valence-corrected chi connectivity index (χ3v) is 5.30. The number of halogens is 3. The zero-order valence-corrected chi connectivity index (χ0v) is 14.6. The summed E-state index contributed by atoms with van der Waals surface area (Å²) in [5.74, 6) is 0.884. The van der Waals surface area contributed by atoms with Crippen LogP contribution in [0.4, 0.5) is 24.5 Å². The van der Waals surface area contributed by atoms with Crippen molar-refractivity contribution in [3.63, 3.8) is 0 Å². The number of anilines is 2. The number of para-hydroxylation sites is 1. The molecule has 0 unspecified atom stereocenters. The maximum Gasteiger partial charge on any atom is 0.416 e. The van der Waals surface area contributed by atoms with Gasteiger partial charge in [-0.2, -0.15) is 13.2 Å². The fourth-order valence-electron chi connectivity index (χ4n) is 3.90. The highest BCUT2D eigenvalue weighted by Crippen LogP contribution is 2.33. The lowest BCUT2D eigenvalue weighted by atomic mass is 10.0. The molecule has 2 aliphatic heterocycles. The average molecular weight is 375 g/mol. The van der Waals surface area contributed by atoms with Crippen LogP contribution in [0.3, 0.4) is 0 Å². The second kappa shape index (κ2) is 6.88. The molecule has 0 radical (unpaired) electrons. The predicted octanol–water partition coefficient (Wildman–Crippen LogP) is 3.74. The molecule has 2 N–H and O–H groups in total. The van der Waals surface area contributed by atoms with Crippen molar-refractivity contribution in [3.05, 3.63) is 59.7 Å². The Labute approximate surface area is 155 Å². The van der Waals surface area contributed by atoms with Crippen LogP contribution in [0, 0.1) is 11.8 Å². The Kier molecular flexibility index (Phi) is 4.55. The van der Waals surface area contributed by atoms with Crippen LogP contribution in [0.1, 0.15) is 15.9 Å². The van der Waals surface area contributed by atoms with Gasteiger partial charge in [0.25, 0.3) is 5.91 Å². The highest BCUT2D eigenvalue weighted by Gasteiger charge is 2.38. The van der Waals surface area contributed by atoms with Gasteiger partial charge in [-0.15, -0.1) is 0 Å². The predicted molar refractivity (Wildman–Crippen MR) is 96.9 cm³/mol. The van der Waals surface area contributed by atoms with E-state index >= 15 is 0 Å². The Hall–Kier alpha value is -2.54. The molecule has 27 heavy (non-hydrogen) atoms. The van der Waals surface area contributed by atoms with Crippen LogP contribution in [0.2, 0.25) is 0 Å². The summed E-state index contributed by atoms with van der Waals surface area (Å²) in [6.45, 7) is 3.29. The Morgan fingerprint density at radius 3 is 2.44 bits per heavy atom. The minimum Gasteiger partial charge on any atom is -0.355 e. The first-order valence-electron chi connectivity index (χ1n) is 8.95. The number of likely N-dealkylation sites (tertiary alicyclic amines) is 1. The summed E-state index contributed by atoms with van der Waals surface area (Å²) in [5, 5.41) is 6.32. The lowest BCUT2D eigenvalue weighted by Crippen LogP contribution is -2.32. The number of benzene rings is 2. The van der Waals surface area contributed by atoms with Gasteiger partial charge in [0.05, 0.1) is 16.8 Å². The number of hydrogen-bond donors (Lipinski definition) is 2. The Balaban J connectivity index is 1.56. The molecule has 1 amide bonds. The van der Waals surface area contributed by atoms with Crippen molar-refractivity contribution >= 4 is 17.3 Å². The third-order valence-electron chi connectivity index (χ3n) is 5.30. The normalized spacial score (nSPS) is 22.0. The van der Waals surface area contributed by atoms with Gasteiger partial charge in [-0.25, -0.2) is 0 Å². The molecule has 2 atom stereocenters. The molecule has 2 aromatic carbocycles. The van der Waals surface area contributed by atoms with Crippen LogP contribution < -0.4 is 10.6 Å². The van der Waals surface area contributed by atoms with Gasteiger partial charge in [-0.3, -0.25) is 4.79 Å². The molecule has 2 aromatic rings. The number of nitrogens with zero attached hydrogens (tertiary/aromatic N) is 1. The van der Waals surface area contributed by atoms with Gasteiger partial charge in [-0.1, -0.05) is 18.2 Å². The van der Waals surface area contributed by atoms with Crippen molar-refractivity contribution in [1.82, 2.24) is 10.2 Å². The summed E-state index contributed by atoms with van der Waals surface area (Å²) in [6, 6.07) is 11.9. The first-order valence-corrected chi connectivity index (χ1v) is 8.95. The second-order valence-corrected chi connectivity index (χ2v) is 7.14. The van der Waals surface area contributed by atoms with E-state index in [4.69, 9.17) is 0 Å². The Morgan fingerprint density at radius 1 is 1.04 bits per heavy atom. The molecule has 2 aliphatic rings. The fourth-order valence-corrected chi connectivity index (χ4v) is 3.90. The van der Waals surface area contributed by atoms with E-state index in [1.165, 1.54) is 6.07 Å². The molecule has 0 saturated carbocycles. The van der Waals surface area contributed by atoms with Gasteiger partial charge in [0.2, 0.25) is 0 Å². The van der Waals surface area contributed by atoms with Gasteiger partial charge in [-0.05, 0) is 42.2 Å². The quantitative estimate of drug-likeness (QED) is 0.859. The van der Waals surface area contributed by atoms with E-state index in [9.17, 15) is 18.0 Å². The van der Waals surface area contributed by atoms with Crippen LogP contribution in [0.15, 0.2) is 48.5 Å². The number of rotatable bonds is 3. The van der Waals surface area contributed by atoms with Crippen molar-refractivity contribution in [2.24, 2.45) is 11.8 Å². The number of hydrogen-bond acceptors (Lipinski definition) is 3. The lowest BCUT2D eigenvalue weighted by molar-refractivity contribution is -0.137. The molecular formula is C20H20F3N3O. The van der Waals surface area contributed by atoms with Crippen molar-refractivity contribution in [2.45, 2.75) is 6.18 Å². The van der Waals surface area contributed by atoms with Gasteiger partial charge in [0, 0.05) is 31.9 Å². The number of fused-ring (bicyclic) bond motifs is 1. The molecule has 0 bridgehead atoms. The van der Waals surface area contributed by atoms with Crippen LogP contribution in [-0.4, -0.2) is 37.0 Å². The molecule has 0 aromatic heterocycles. The van der Waals surface area contributed by atoms with Crippen LogP contribution in [0.25, 0.3) is 0 Å². The zero-order chi connectivity index (χ0) is 19.0. The van der Waals surface area contributed by atoms with E-state index in [0.29, 0.717) is 41.9 Å². The van der Waals surface area contributed by atoms with Crippen LogP contribution in [-0.2, 0) is 6.18 Å². The molecule has 142 valence electrons. The monoisotopic (exact) mass is 375 g/mol. The SMILES string of the molecule is O=C(c1ccccc1Nc1cccc(C(F)(F)F)c1)N1C[C@H]2CNC[C@H]2C1. The fraction of sp³-hybridized carbons (Fsp3) is 0.350. The number of carbonyl (C=O) groups excluding carboxylic acids is 1. The van der Waals surface area contributed by atoms with Crippen molar-refractivity contribution in [3.8, 4) is 0 Å². The number of nitrogens with one attached hydrogen (secondary N) is 2. The highest BCUT2D eigenvalue weighted by atomic mass is 19.4. The first kappa shape index (κ1) is 17.9.